The molecule has 3 rings (SSSR count). The Labute approximate surface area is 157 Å². The van der Waals surface area contributed by atoms with E-state index in [0.29, 0.717) is 0 Å². The molecule has 1 atom stereocenters. The molecule has 0 spiro atoms. The van der Waals surface area contributed by atoms with Gasteiger partial charge in [0.2, 0.25) is 5.89 Å². The molecule has 1 aliphatic rings. The molecule has 0 saturated carbocycles. The van der Waals surface area contributed by atoms with Gasteiger partial charge in [-0.1, -0.05) is 35.0 Å². The van der Waals surface area contributed by atoms with Gasteiger partial charge in [0.25, 0.3) is 0 Å². The minimum atomic E-state index is 0. The molecule has 23 heavy (non-hydrogen) atoms. The van der Waals surface area contributed by atoms with E-state index in [9.17, 15) is 0 Å². The molecule has 1 aromatic carbocycles. The zero-order chi connectivity index (χ0) is 14.9. The fourth-order valence-electron chi connectivity index (χ4n) is 2.78. The SMILES string of the molecule is CC1(CN)CCN(Cc2ncc(-c3cccc(Br)c3)o2)C1.Cl.Cl. The van der Waals surface area contributed by atoms with Crippen molar-refractivity contribution in [3.05, 3.63) is 40.8 Å². The molecule has 0 bridgehead atoms. The van der Waals surface area contributed by atoms with Gasteiger partial charge in [-0.25, -0.2) is 4.98 Å². The van der Waals surface area contributed by atoms with Crippen molar-refractivity contribution in [3.63, 3.8) is 0 Å². The highest BCUT2D eigenvalue weighted by Crippen LogP contribution is 2.30. The van der Waals surface area contributed by atoms with Crippen LogP contribution in [0.3, 0.4) is 0 Å². The third-order valence-electron chi connectivity index (χ3n) is 4.15. The highest BCUT2D eigenvalue weighted by molar-refractivity contribution is 9.10. The van der Waals surface area contributed by atoms with Crippen molar-refractivity contribution in [2.45, 2.75) is 19.9 Å². The molecule has 2 N–H and O–H groups in total. The van der Waals surface area contributed by atoms with E-state index >= 15 is 0 Å². The van der Waals surface area contributed by atoms with E-state index in [2.05, 4.69) is 32.7 Å². The third-order valence-corrected chi connectivity index (χ3v) is 4.64. The summed E-state index contributed by atoms with van der Waals surface area (Å²) in [7, 11) is 0. The summed E-state index contributed by atoms with van der Waals surface area (Å²) in [4.78, 5) is 6.77. The fraction of sp³-hybridized carbons (Fsp3) is 0.438. The summed E-state index contributed by atoms with van der Waals surface area (Å²) in [5.41, 5.74) is 7.12. The second-order valence-electron chi connectivity index (χ2n) is 6.10. The molecule has 0 radical (unpaired) electrons. The van der Waals surface area contributed by atoms with Crippen molar-refractivity contribution in [2.24, 2.45) is 11.1 Å². The molecule has 1 saturated heterocycles. The monoisotopic (exact) mass is 421 g/mol. The van der Waals surface area contributed by atoms with E-state index < -0.39 is 0 Å². The first kappa shape index (κ1) is 20.5. The lowest BCUT2D eigenvalue weighted by molar-refractivity contribution is 0.252. The van der Waals surface area contributed by atoms with Crippen molar-refractivity contribution < 1.29 is 4.42 Å². The van der Waals surface area contributed by atoms with Crippen molar-refractivity contribution in [2.75, 3.05) is 19.6 Å². The molecule has 1 aliphatic heterocycles. The molecular formula is C16H22BrCl2N3O. The molecule has 0 aliphatic carbocycles. The summed E-state index contributed by atoms with van der Waals surface area (Å²) in [6.45, 7) is 5.80. The minimum absolute atomic E-state index is 0. The zero-order valence-corrected chi connectivity index (χ0v) is 16.2. The lowest BCUT2D eigenvalue weighted by atomic mass is 9.90. The van der Waals surface area contributed by atoms with Crippen LogP contribution in [0.1, 0.15) is 19.2 Å². The molecule has 128 valence electrons. The smallest absolute Gasteiger partial charge is 0.209 e. The maximum absolute atomic E-state index is 5.88. The van der Waals surface area contributed by atoms with Crippen LogP contribution in [0.4, 0.5) is 0 Å². The molecule has 0 amide bonds. The number of oxazole rings is 1. The van der Waals surface area contributed by atoms with Crippen molar-refractivity contribution in [1.29, 1.82) is 0 Å². The van der Waals surface area contributed by atoms with Crippen LogP contribution in [-0.2, 0) is 6.54 Å². The molecule has 2 aromatic rings. The van der Waals surface area contributed by atoms with Crippen LogP contribution >= 0.6 is 40.7 Å². The van der Waals surface area contributed by atoms with Crippen LogP contribution in [0.25, 0.3) is 11.3 Å². The number of benzene rings is 1. The minimum Gasteiger partial charge on any atom is -0.439 e. The zero-order valence-electron chi connectivity index (χ0n) is 13.0. The lowest BCUT2D eigenvalue weighted by Gasteiger charge is -2.21. The van der Waals surface area contributed by atoms with Gasteiger partial charge in [-0.2, -0.15) is 0 Å². The molecule has 2 heterocycles. The van der Waals surface area contributed by atoms with Crippen LogP contribution in [0.2, 0.25) is 0 Å². The van der Waals surface area contributed by atoms with Crippen molar-refractivity contribution >= 4 is 40.7 Å². The van der Waals surface area contributed by atoms with Gasteiger partial charge in [0.1, 0.15) is 0 Å². The average molecular weight is 423 g/mol. The van der Waals surface area contributed by atoms with E-state index in [1.54, 1.807) is 6.20 Å². The number of hydrogen-bond donors (Lipinski definition) is 1. The van der Waals surface area contributed by atoms with Crippen LogP contribution in [-0.4, -0.2) is 29.5 Å². The first-order valence-electron chi connectivity index (χ1n) is 7.21. The van der Waals surface area contributed by atoms with Gasteiger partial charge in [-0.15, -0.1) is 24.8 Å². The van der Waals surface area contributed by atoms with Gasteiger partial charge >= 0.3 is 0 Å². The van der Waals surface area contributed by atoms with E-state index in [-0.39, 0.29) is 30.2 Å². The maximum atomic E-state index is 5.88. The van der Waals surface area contributed by atoms with Crippen LogP contribution in [0.5, 0.6) is 0 Å². The summed E-state index contributed by atoms with van der Waals surface area (Å²) in [5, 5.41) is 0. The molecule has 4 nitrogen and oxygen atoms in total. The van der Waals surface area contributed by atoms with Crippen LogP contribution < -0.4 is 5.73 Å². The summed E-state index contributed by atoms with van der Waals surface area (Å²) >= 11 is 3.48. The second-order valence-corrected chi connectivity index (χ2v) is 7.02. The van der Waals surface area contributed by atoms with Crippen LogP contribution in [0.15, 0.2) is 39.4 Å². The highest BCUT2D eigenvalue weighted by atomic mass is 79.9. The Morgan fingerprint density at radius 2 is 2.17 bits per heavy atom. The number of aromatic nitrogens is 1. The summed E-state index contributed by atoms with van der Waals surface area (Å²) < 4.78 is 6.92. The molecule has 1 unspecified atom stereocenters. The number of nitrogens with zero attached hydrogens (tertiary/aromatic N) is 2. The Morgan fingerprint density at radius 3 is 2.83 bits per heavy atom. The van der Waals surface area contributed by atoms with Gasteiger partial charge in [-0.05, 0) is 37.1 Å². The third kappa shape index (κ3) is 4.94. The van der Waals surface area contributed by atoms with E-state index in [4.69, 9.17) is 10.2 Å². The molecule has 1 aromatic heterocycles. The first-order valence-corrected chi connectivity index (χ1v) is 8.00. The summed E-state index contributed by atoms with van der Waals surface area (Å²) in [6.07, 6.45) is 2.94. The van der Waals surface area contributed by atoms with Gasteiger partial charge < -0.3 is 10.2 Å². The summed E-state index contributed by atoms with van der Waals surface area (Å²) in [5.74, 6) is 1.58. The van der Waals surface area contributed by atoms with Gasteiger partial charge in [0, 0.05) is 16.6 Å². The quantitative estimate of drug-likeness (QED) is 0.804. The standard InChI is InChI=1S/C16H20BrN3O.2ClH/c1-16(10-18)5-6-20(11-16)9-15-19-8-14(21-15)12-3-2-4-13(17)7-12;;/h2-4,7-8H,5-6,9-11,18H2,1H3;2*1H. The lowest BCUT2D eigenvalue weighted by Crippen LogP contribution is -2.31. The second kappa shape index (κ2) is 8.49. The fourth-order valence-corrected chi connectivity index (χ4v) is 3.18. The Kier molecular flexibility index (Phi) is 7.55. The Morgan fingerprint density at radius 1 is 1.39 bits per heavy atom. The molecular weight excluding hydrogens is 401 g/mol. The predicted octanol–water partition coefficient (Wildman–Crippen LogP) is 4.12. The first-order chi connectivity index (χ1) is 10.1. The average Bonchev–Trinajstić information content (AvgIpc) is 3.07. The largest absolute Gasteiger partial charge is 0.439 e. The predicted molar refractivity (Wildman–Crippen MR) is 101 cm³/mol. The Bertz CT molecular complexity index is 637. The van der Waals surface area contributed by atoms with Gasteiger partial charge in [0.15, 0.2) is 5.76 Å². The number of halogens is 3. The number of rotatable bonds is 4. The number of likely N-dealkylation sites (tertiary alicyclic amines) is 1. The number of hydrogen-bond acceptors (Lipinski definition) is 4. The Hall–Kier alpha value is -0.590. The van der Waals surface area contributed by atoms with Crippen LogP contribution in [0, 0.1) is 5.41 Å². The van der Waals surface area contributed by atoms with Gasteiger partial charge in [0.05, 0.1) is 12.7 Å². The van der Waals surface area contributed by atoms with E-state index in [1.165, 1.54) is 0 Å². The van der Waals surface area contributed by atoms with Crippen molar-refractivity contribution in [1.82, 2.24) is 9.88 Å². The number of nitrogens with two attached hydrogens (primary N) is 1. The van der Waals surface area contributed by atoms with E-state index in [0.717, 1.165) is 54.3 Å². The normalized spacial score (nSPS) is 20.8. The van der Waals surface area contributed by atoms with Gasteiger partial charge in [-0.3, -0.25) is 4.90 Å². The molecule has 7 heteroatoms. The van der Waals surface area contributed by atoms with E-state index in [1.807, 2.05) is 24.3 Å². The Balaban J connectivity index is 0.00000132. The summed E-state index contributed by atoms with van der Waals surface area (Å²) in [6, 6.07) is 8.05. The topological polar surface area (TPSA) is 55.3 Å². The maximum Gasteiger partial charge on any atom is 0.209 e. The molecule has 1 fully saturated rings. The highest BCUT2D eigenvalue weighted by Gasteiger charge is 2.32. The van der Waals surface area contributed by atoms with Crippen molar-refractivity contribution in [3.8, 4) is 11.3 Å².